The van der Waals surface area contributed by atoms with E-state index < -0.39 is 12.0 Å². The predicted octanol–water partition coefficient (Wildman–Crippen LogP) is 4.25. The van der Waals surface area contributed by atoms with Crippen LogP contribution < -0.4 is 10.6 Å². The molecule has 7 heteroatoms. The molecule has 0 aliphatic rings. The molecule has 0 saturated heterocycles. The van der Waals surface area contributed by atoms with Crippen LogP contribution in [0.3, 0.4) is 0 Å². The van der Waals surface area contributed by atoms with Crippen LogP contribution in [0.15, 0.2) is 12.1 Å². The maximum absolute atomic E-state index is 11.9. The minimum atomic E-state index is -1.14. The number of carbonyl (C=O) groups excluding carboxylic acids is 1. The lowest BCUT2D eigenvalue weighted by Gasteiger charge is -2.17. The van der Waals surface area contributed by atoms with Crippen molar-refractivity contribution in [2.45, 2.75) is 33.2 Å². The number of hydrogen-bond donors (Lipinski definition) is 3. The van der Waals surface area contributed by atoms with Crippen LogP contribution in [0, 0.1) is 5.92 Å². The molecule has 116 valence electrons. The molecule has 0 bridgehead atoms. The van der Waals surface area contributed by atoms with Crippen molar-refractivity contribution in [2.75, 3.05) is 5.32 Å². The fourth-order valence-electron chi connectivity index (χ4n) is 1.96. The van der Waals surface area contributed by atoms with E-state index >= 15 is 0 Å². The lowest BCUT2D eigenvalue weighted by molar-refractivity contribution is 0.0697. The third-order valence-corrected chi connectivity index (χ3v) is 3.33. The van der Waals surface area contributed by atoms with E-state index in [9.17, 15) is 9.59 Å². The van der Waals surface area contributed by atoms with Gasteiger partial charge in [-0.05, 0) is 31.4 Å². The van der Waals surface area contributed by atoms with E-state index in [0.717, 1.165) is 6.42 Å². The van der Waals surface area contributed by atoms with Crippen LogP contribution in [-0.4, -0.2) is 23.1 Å². The van der Waals surface area contributed by atoms with E-state index in [0.29, 0.717) is 5.92 Å². The van der Waals surface area contributed by atoms with Gasteiger partial charge in [0.25, 0.3) is 0 Å². The Labute approximate surface area is 133 Å². The summed E-state index contributed by atoms with van der Waals surface area (Å²) in [5.74, 6) is -0.678. The number of carboxylic acids is 1. The van der Waals surface area contributed by atoms with Gasteiger partial charge in [-0.3, -0.25) is 0 Å². The first kappa shape index (κ1) is 17.6. The van der Waals surface area contributed by atoms with Gasteiger partial charge in [0, 0.05) is 6.04 Å². The number of rotatable bonds is 5. The molecule has 1 rings (SSSR count). The summed E-state index contributed by atoms with van der Waals surface area (Å²) in [4.78, 5) is 22.7. The summed E-state index contributed by atoms with van der Waals surface area (Å²) in [6.45, 7) is 6.03. The van der Waals surface area contributed by atoms with Gasteiger partial charge in [0.15, 0.2) is 0 Å². The second kappa shape index (κ2) is 7.52. The Morgan fingerprint density at radius 1 is 1.19 bits per heavy atom. The average molecular weight is 333 g/mol. The van der Waals surface area contributed by atoms with E-state index in [4.69, 9.17) is 28.3 Å². The number of carbonyl (C=O) groups is 2. The van der Waals surface area contributed by atoms with Crippen LogP contribution in [0.5, 0.6) is 0 Å². The van der Waals surface area contributed by atoms with E-state index in [-0.39, 0.29) is 27.3 Å². The fraction of sp³-hybridized carbons (Fsp3) is 0.429. The molecule has 1 aromatic rings. The Kier molecular flexibility index (Phi) is 6.30. The number of urea groups is 1. The molecule has 1 atom stereocenters. The van der Waals surface area contributed by atoms with Crippen LogP contribution in [0.4, 0.5) is 10.5 Å². The number of anilines is 1. The largest absolute Gasteiger partial charge is 0.478 e. The number of carboxylic acid groups (broad SMARTS) is 1. The van der Waals surface area contributed by atoms with Gasteiger partial charge >= 0.3 is 12.0 Å². The number of benzene rings is 1. The SMILES string of the molecule is CC(C)CC(C)NC(=O)Nc1c(Cl)cc(C(=O)O)cc1Cl. The van der Waals surface area contributed by atoms with Crippen molar-refractivity contribution in [3.63, 3.8) is 0 Å². The molecule has 1 unspecified atom stereocenters. The minimum Gasteiger partial charge on any atom is -0.478 e. The van der Waals surface area contributed by atoms with Crippen LogP contribution in [-0.2, 0) is 0 Å². The standard InChI is InChI=1S/C14H18Cl2N2O3/c1-7(2)4-8(3)17-14(21)18-12-10(15)5-9(13(19)20)6-11(12)16/h5-8H,4H2,1-3H3,(H,19,20)(H2,17,18,21). The van der Waals surface area contributed by atoms with Crippen molar-refractivity contribution in [3.8, 4) is 0 Å². The first-order valence-electron chi connectivity index (χ1n) is 6.50. The Balaban J connectivity index is 2.79. The molecule has 1 aromatic carbocycles. The van der Waals surface area contributed by atoms with Gasteiger partial charge in [0.2, 0.25) is 0 Å². The van der Waals surface area contributed by atoms with E-state index in [1.54, 1.807) is 0 Å². The average Bonchev–Trinajstić information content (AvgIpc) is 2.32. The monoisotopic (exact) mass is 332 g/mol. The van der Waals surface area contributed by atoms with Crippen LogP contribution in [0.25, 0.3) is 0 Å². The molecule has 0 aliphatic carbocycles. The first-order chi connectivity index (χ1) is 9.70. The highest BCUT2D eigenvalue weighted by Crippen LogP contribution is 2.31. The molecule has 21 heavy (non-hydrogen) atoms. The third-order valence-electron chi connectivity index (χ3n) is 2.73. The molecule has 3 N–H and O–H groups in total. The molecule has 0 heterocycles. The second-order valence-corrected chi connectivity index (χ2v) is 6.06. The van der Waals surface area contributed by atoms with E-state index in [2.05, 4.69) is 24.5 Å². The van der Waals surface area contributed by atoms with Gasteiger partial charge in [0.05, 0.1) is 21.3 Å². The predicted molar refractivity (Wildman–Crippen MR) is 84.5 cm³/mol. The quantitative estimate of drug-likeness (QED) is 0.754. The topological polar surface area (TPSA) is 78.4 Å². The fourth-order valence-corrected chi connectivity index (χ4v) is 2.54. The number of halogens is 2. The van der Waals surface area contributed by atoms with Gasteiger partial charge in [-0.15, -0.1) is 0 Å². The first-order valence-corrected chi connectivity index (χ1v) is 7.26. The molecule has 0 saturated carbocycles. The lowest BCUT2D eigenvalue weighted by Crippen LogP contribution is -2.36. The number of nitrogens with one attached hydrogen (secondary N) is 2. The van der Waals surface area contributed by atoms with Crippen LogP contribution in [0.1, 0.15) is 37.6 Å². The van der Waals surface area contributed by atoms with Gasteiger partial charge in [-0.2, -0.15) is 0 Å². The molecule has 5 nitrogen and oxygen atoms in total. The van der Waals surface area contributed by atoms with Crippen LogP contribution >= 0.6 is 23.2 Å². The van der Waals surface area contributed by atoms with Gasteiger partial charge in [0.1, 0.15) is 0 Å². The lowest BCUT2D eigenvalue weighted by atomic mass is 10.1. The zero-order valence-electron chi connectivity index (χ0n) is 12.0. The highest BCUT2D eigenvalue weighted by atomic mass is 35.5. The highest BCUT2D eigenvalue weighted by molar-refractivity contribution is 6.40. The summed E-state index contributed by atoms with van der Waals surface area (Å²) in [7, 11) is 0. The van der Waals surface area contributed by atoms with E-state index in [1.165, 1.54) is 12.1 Å². The Morgan fingerprint density at radius 3 is 2.14 bits per heavy atom. The molecule has 0 radical (unpaired) electrons. The smallest absolute Gasteiger partial charge is 0.335 e. The van der Waals surface area contributed by atoms with Gasteiger partial charge in [-0.1, -0.05) is 37.0 Å². The summed E-state index contributed by atoms with van der Waals surface area (Å²) in [6, 6.07) is 2.04. The van der Waals surface area contributed by atoms with Crippen molar-refractivity contribution in [2.24, 2.45) is 5.92 Å². The number of hydrogen-bond acceptors (Lipinski definition) is 2. The van der Waals surface area contributed by atoms with Gasteiger partial charge in [-0.25, -0.2) is 9.59 Å². The molecule has 0 aliphatic heterocycles. The number of aromatic carboxylic acids is 1. The van der Waals surface area contributed by atoms with Gasteiger partial charge < -0.3 is 15.7 Å². The van der Waals surface area contributed by atoms with Crippen molar-refractivity contribution >= 4 is 40.9 Å². The van der Waals surface area contributed by atoms with E-state index in [1.807, 2.05) is 6.92 Å². The summed E-state index contributed by atoms with van der Waals surface area (Å²) < 4.78 is 0. The third kappa shape index (κ3) is 5.44. The van der Waals surface area contributed by atoms with Crippen molar-refractivity contribution < 1.29 is 14.7 Å². The minimum absolute atomic E-state index is 0.000781. The summed E-state index contributed by atoms with van der Waals surface area (Å²) >= 11 is 11.9. The maximum Gasteiger partial charge on any atom is 0.335 e. The Hall–Kier alpha value is -1.46. The number of amides is 2. The zero-order chi connectivity index (χ0) is 16.2. The van der Waals surface area contributed by atoms with Crippen molar-refractivity contribution in [1.29, 1.82) is 0 Å². The van der Waals surface area contributed by atoms with Crippen molar-refractivity contribution in [3.05, 3.63) is 27.7 Å². The van der Waals surface area contributed by atoms with Crippen LogP contribution in [0.2, 0.25) is 10.0 Å². The normalized spacial score (nSPS) is 12.1. The molecule has 0 aromatic heterocycles. The maximum atomic E-state index is 11.9. The summed E-state index contributed by atoms with van der Waals surface area (Å²) in [5.41, 5.74) is 0.154. The molecular formula is C14H18Cl2N2O3. The summed E-state index contributed by atoms with van der Waals surface area (Å²) in [5, 5.41) is 14.4. The summed E-state index contributed by atoms with van der Waals surface area (Å²) in [6.07, 6.45) is 0.840. The molecule has 0 fully saturated rings. The molecule has 0 spiro atoms. The Bertz CT molecular complexity index is 524. The van der Waals surface area contributed by atoms with Crippen molar-refractivity contribution in [1.82, 2.24) is 5.32 Å². The molecular weight excluding hydrogens is 315 g/mol. The molecule has 2 amide bonds. The second-order valence-electron chi connectivity index (χ2n) is 5.25. The highest BCUT2D eigenvalue weighted by Gasteiger charge is 2.15. The Morgan fingerprint density at radius 2 is 1.71 bits per heavy atom. The zero-order valence-corrected chi connectivity index (χ0v) is 13.5.